The Hall–Kier alpha value is -4.24. The van der Waals surface area contributed by atoms with Gasteiger partial charge >= 0.3 is 6.36 Å². The molecule has 0 unspecified atom stereocenters. The van der Waals surface area contributed by atoms with Crippen molar-refractivity contribution in [3.05, 3.63) is 72.4 Å². The van der Waals surface area contributed by atoms with Crippen molar-refractivity contribution >= 4 is 48.0 Å². The molecule has 0 atom stereocenters. The van der Waals surface area contributed by atoms with Crippen LogP contribution in [0.3, 0.4) is 0 Å². The van der Waals surface area contributed by atoms with Crippen molar-refractivity contribution in [1.29, 1.82) is 0 Å². The number of hydrogen-bond donors (Lipinski definition) is 3. The van der Waals surface area contributed by atoms with E-state index in [2.05, 4.69) is 19.8 Å². The number of sulfonamides is 1. The van der Waals surface area contributed by atoms with E-state index in [9.17, 15) is 34.8 Å². The lowest BCUT2D eigenvalue weighted by molar-refractivity contribution is -0.274. The number of amides is 1. The van der Waals surface area contributed by atoms with E-state index in [1.165, 1.54) is 30.3 Å². The smallest absolute Gasteiger partial charge is 0.493 e. The van der Waals surface area contributed by atoms with Gasteiger partial charge in [-0.05, 0) is 54.4 Å². The van der Waals surface area contributed by atoms with Gasteiger partial charge in [0.1, 0.15) is 17.2 Å². The van der Waals surface area contributed by atoms with Crippen molar-refractivity contribution in [3.8, 4) is 11.5 Å². The second kappa shape index (κ2) is 11.6. The molecule has 15 heteroatoms. The first-order valence-electron chi connectivity index (χ1n) is 12.3. The number of carbonyl (C=O) groups is 1. The Balaban J connectivity index is 1.67. The summed E-state index contributed by atoms with van der Waals surface area (Å²) in [6.07, 6.45) is -4.01. The lowest BCUT2D eigenvalue weighted by Gasteiger charge is -2.14. The van der Waals surface area contributed by atoms with Gasteiger partial charge in [-0.1, -0.05) is 26.0 Å². The zero-order valence-corrected chi connectivity index (χ0v) is 24.1. The van der Waals surface area contributed by atoms with Gasteiger partial charge < -0.3 is 19.8 Å². The van der Waals surface area contributed by atoms with Crippen molar-refractivity contribution in [2.75, 3.05) is 22.9 Å². The number of sulfone groups is 1. The number of carbonyl (C=O) groups excluding carboxylic acids is 1. The van der Waals surface area contributed by atoms with Crippen LogP contribution < -0.4 is 19.5 Å². The van der Waals surface area contributed by atoms with Crippen LogP contribution in [0.1, 0.15) is 24.3 Å². The maximum atomic E-state index is 13.4. The number of anilines is 2. The van der Waals surface area contributed by atoms with Crippen molar-refractivity contribution in [2.45, 2.75) is 30.0 Å². The number of aromatic nitrogens is 1. The van der Waals surface area contributed by atoms with Crippen LogP contribution in [0.25, 0.3) is 10.9 Å². The fraction of sp³-hybridized carbons (Fsp3) is 0.222. The highest BCUT2D eigenvalue weighted by atomic mass is 32.2. The van der Waals surface area contributed by atoms with Crippen molar-refractivity contribution < 1.29 is 44.3 Å². The minimum absolute atomic E-state index is 0.0422. The largest absolute Gasteiger partial charge is 0.573 e. The standard InChI is InChI=1S/C27H26F3N3O7S2/c1-16(2)15-39-21-10-19(11-23(14-21)42(37,38)22-6-4-5-20(13-22)40-27(28,29)30)31-26(34)25-9-17-7-8-18(12-24(17)32-25)33-41(3,35)36/h4-14,16,32-33H,15H2,1-3H3,(H,31,34). The summed E-state index contributed by atoms with van der Waals surface area (Å²) < 4.78 is 100.0. The van der Waals surface area contributed by atoms with E-state index in [4.69, 9.17) is 4.74 Å². The number of nitrogens with one attached hydrogen (secondary N) is 3. The monoisotopic (exact) mass is 625 g/mol. The molecule has 0 bridgehead atoms. The molecule has 0 spiro atoms. The second-order valence-electron chi connectivity index (χ2n) is 9.74. The lowest BCUT2D eigenvalue weighted by Crippen LogP contribution is -2.17. The molecule has 224 valence electrons. The predicted molar refractivity (Wildman–Crippen MR) is 150 cm³/mol. The molecule has 0 saturated carbocycles. The molecule has 0 radical (unpaired) electrons. The van der Waals surface area contributed by atoms with E-state index in [1.807, 2.05) is 13.8 Å². The van der Waals surface area contributed by atoms with Crippen molar-refractivity contribution in [1.82, 2.24) is 4.98 Å². The zero-order chi connectivity index (χ0) is 30.9. The van der Waals surface area contributed by atoms with Gasteiger partial charge in [-0.25, -0.2) is 16.8 Å². The van der Waals surface area contributed by atoms with Gasteiger partial charge in [0.15, 0.2) is 0 Å². The third-order valence-electron chi connectivity index (χ3n) is 5.55. The van der Waals surface area contributed by atoms with Crippen LogP contribution in [0.2, 0.25) is 0 Å². The summed E-state index contributed by atoms with van der Waals surface area (Å²) in [5, 5.41) is 3.22. The number of rotatable bonds is 10. The highest BCUT2D eigenvalue weighted by Crippen LogP contribution is 2.32. The van der Waals surface area contributed by atoms with E-state index in [0.717, 1.165) is 36.6 Å². The first kappa shape index (κ1) is 30.7. The Morgan fingerprint density at radius 3 is 2.29 bits per heavy atom. The molecule has 10 nitrogen and oxygen atoms in total. The average molecular weight is 626 g/mol. The van der Waals surface area contributed by atoms with Crippen LogP contribution in [-0.2, 0) is 19.9 Å². The van der Waals surface area contributed by atoms with Gasteiger partial charge in [0.05, 0.1) is 28.3 Å². The van der Waals surface area contributed by atoms with Crippen LogP contribution in [0.5, 0.6) is 11.5 Å². The fourth-order valence-corrected chi connectivity index (χ4v) is 5.75. The van der Waals surface area contributed by atoms with E-state index in [0.29, 0.717) is 10.9 Å². The summed E-state index contributed by atoms with van der Waals surface area (Å²) in [6.45, 7) is 3.97. The molecule has 0 saturated heterocycles. The van der Waals surface area contributed by atoms with Gasteiger partial charge in [0.2, 0.25) is 19.9 Å². The maximum absolute atomic E-state index is 13.4. The minimum Gasteiger partial charge on any atom is -0.493 e. The highest BCUT2D eigenvalue weighted by Gasteiger charge is 2.32. The van der Waals surface area contributed by atoms with E-state index in [1.54, 1.807) is 6.07 Å². The Bertz CT molecular complexity index is 1850. The Kier molecular flexibility index (Phi) is 8.46. The van der Waals surface area contributed by atoms with E-state index >= 15 is 0 Å². The summed E-state index contributed by atoms with van der Waals surface area (Å²) in [6, 6.07) is 13.9. The quantitative estimate of drug-likeness (QED) is 0.209. The number of alkyl halides is 3. The summed E-state index contributed by atoms with van der Waals surface area (Å²) in [4.78, 5) is 15.2. The van der Waals surface area contributed by atoms with Crippen LogP contribution >= 0.6 is 0 Å². The molecule has 0 aliphatic heterocycles. The number of benzene rings is 3. The molecule has 42 heavy (non-hydrogen) atoms. The highest BCUT2D eigenvalue weighted by molar-refractivity contribution is 7.92. The van der Waals surface area contributed by atoms with Crippen LogP contribution in [-0.4, -0.2) is 47.0 Å². The molecule has 1 heterocycles. The Labute approximate surface area is 239 Å². The van der Waals surface area contributed by atoms with Crippen molar-refractivity contribution in [2.24, 2.45) is 5.92 Å². The molecule has 0 aliphatic carbocycles. The van der Waals surface area contributed by atoms with Gasteiger partial charge in [-0.2, -0.15) is 0 Å². The number of hydrogen-bond acceptors (Lipinski definition) is 7. The molecular weight excluding hydrogens is 599 g/mol. The van der Waals surface area contributed by atoms with Gasteiger partial charge in [-0.3, -0.25) is 9.52 Å². The SMILES string of the molecule is CC(C)COc1cc(NC(=O)c2cc3ccc(NS(C)(=O)=O)cc3[nH]2)cc(S(=O)(=O)c2cccc(OC(F)(F)F)c2)c1. The number of H-pyrrole nitrogens is 1. The third-order valence-corrected chi connectivity index (χ3v) is 7.89. The predicted octanol–water partition coefficient (Wildman–Crippen LogP) is 5.56. The maximum Gasteiger partial charge on any atom is 0.573 e. The molecule has 1 amide bonds. The van der Waals surface area contributed by atoms with Crippen LogP contribution in [0.15, 0.2) is 76.5 Å². The molecule has 3 aromatic carbocycles. The van der Waals surface area contributed by atoms with Gasteiger partial charge in [-0.15, -0.1) is 13.2 Å². The normalized spacial score (nSPS) is 12.4. The summed E-state index contributed by atoms with van der Waals surface area (Å²) in [5.41, 5.74) is 0.887. The van der Waals surface area contributed by atoms with Crippen LogP contribution in [0.4, 0.5) is 24.5 Å². The Morgan fingerprint density at radius 2 is 1.62 bits per heavy atom. The lowest BCUT2D eigenvalue weighted by atomic mass is 10.2. The number of fused-ring (bicyclic) bond motifs is 1. The van der Waals surface area contributed by atoms with Gasteiger partial charge in [0.25, 0.3) is 5.91 Å². The summed E-state index contributed by atoms with van der Waals surface area (Å²) in [5.74, 6) is -1.17. The number of aromatic amines is 1. The molecule has 3 N–H and O–H groups in total. The molecule has 1 aromatic heterocycles. The first-order valence-corrected chi connectivity index (χ1v) is 15.7. The van der Waals surface area contributed by atoms with E-state index < -0.39 is 42.8 Å². The molecule has 0 aliphatic rings. The van der Waals surface area contributed by atoms with Crippen molar-refractivity contribution in [3.63, 3.8) is 0 Å². The second-order valence-corrected chi connectivity index (χ2v) is 13.4. The molecule has 4 aromatic rings. The number of halogens is 3. The topological polar surface area (TPSA) is 144 Å². The van der Waals surface area contributed by atoms with E-state index in [-0.39, 0.29) is 40.2 Å². The average Bonchev–Trinajstić information content (AvgIpc) is 3.29. The number of ether oxygens (including phenoxy) is 2. The summed E-state index contributed by atoms with van der Waals surface area (Å²) >= 11 is 0. The Morgan fingerprint density at radius 1 is 0.905 bits per heavy atom. The molecular formula is C27H26F3N3O7S2. The minimum atomic E-state index is -5.02. The fourth-order valence-electron chi connectivity index (χ4n) is 3.85. The van der Waals surface area contributed by atoms with Crippen LogP contribution in [0, 0.1) is 5.92 Å². The molecule has 0 fully saturated rings. The first-order chi connectivity index (χ1) is 19.5. The summed E-state index contributed by atoms with van der Waals surface area (Å²) in [7, 11) is -7.90. The molecule has 4 rings (SSSR count). The van der Waals surface area contributed by atoms with Gasteiger partial charge in [0, 0.05) is 22.7 Å². The zero-order valence-electron chi connectivity index (χ0n) is 22.4. The third kappa shape index (κ3) is 7.94.